The van der Waals surface area contributed by atoms with Crippen molar-refractivity contribution in [2.75, 3.05) is 28.2 Å². The number of esters is 1. The van der Waals surface area contributed by atoms with Crippen molar-refractivity contribution in [3.8, 4) is 0 Å². The van der Waals surface area contributed by atoms with Crippen LogP contribution in [0.5, 0.6) is 0 Å². The molecule has 59 heavy (non-hydrogen) atoms. The van der Waals surface area contributed by atoms with E-state index in [0.717, 1.165) is 16.0 Å². The normalized spacial score (nSPS) is 26.3. The minimum atomic E-state index is -1.45. The number of aliphatic hydroxyl groups is 1. The van der Waals surface area contributed by atoms with Gasteiger partial charge in [-0.1, -0.05) is 101 Å². The number of amides is 5. The summed E-state index contributed by atoms with van der Waals surface area (Å²) in [6.07, 6.45) is 3.85. The summed E-state index contributed by atoms with van der Waals surface area (Å²) in [4.78, 5) is 89.8. The second-order valence-electron chi connectivity index (χ2n) is 16.6. The zero-order chi connectivity index (χ0) is 44.0. The van der Waals surface area contributed by atoms with Crippen molar-refractivity contribution < 1.29 is 38.6 Å². The van der Waals surface area contributed by atoms with Crippen LogP contribution in [-0.2, 0) is 46.3 Å². The minimum absolute atomic E-state index is 0.0844. The molecule has 0 spiro atoms. The molecule has 1 aliphatic rings. The van der Waals surface area contributed by atoms with Crippen LogP contribution in [0.3, 0.4) is 0 Å². The highest BCUT2D eigenvalue weighted by Gasteiger charge is 2.42. The van der Waals surface area contributed by atoms with Crippen LogP contribution in [0.1, 0.15) is 84.8 Å². The monoisotopic (exact) mass is 817 g/mol. The number of rotatable bonds is 7. The summed E-state index contributed by atoms with van der Waals surface area (Å²) in [6, 6.07) is 13.6. The maximum Gasteiger partial charge on any atom is 0.329 e. The van der Waals surface area contributed by atoms with Crippen molar-refractivity contribution >= 4 is 35.5 Å². The molecule has 0 bridgehead atoms. The highest BCUT2D eigenvalue weighted by molar-refractivity contribution is 5.95. The van der Waals surface area contributed by atoms with Crippen molar-refractivity contribution in [2.45, 2.75) is 123 Å². The van der Waals surface area contributed by atoms with Gasteiger partial charge in [-0.3, -0.25) is 24.0 Å². The van der Waals surface area contributed by atoms with Crippen LogP contribution < -0.4 is 5.32 Å². The van der Waals surface area contributed by atoms with Gasteiger partial charge < -0.3 is 34.8 Å². The average molecular weight is 818 g/mol. The van der Waals surface area contributed by atoms with Gasteiger partial charge in [0, 0.05) is 59.6 Å². The number of ether oxygens (including phenoxy) is 1. The third-order valence-electron chi connectivity index (χ3n) is 11.3. The Morgan fingerprint density at radius 2 is 1.31 bits per heavy atom. The Bertz CT molecular complexity index is 1730. The number of benzene rings is 2. The second-order valence-corrected chi connectivity index (χ2v) is 16.6. The van der Waals surface area contributed by atoms with E-state index in [1.165, 1.54) is 42.8 Å². The van der Waals surface area contributed by atoms with E-state index in [1.54, 1.807) is 20.2 Å². The molecular weight excluding hydrogens is 751 g/mol. The minimum Gasteiger partial charge on any atom is -0.461 e. The molecular formula is C46H67N5O8. The Kier molecular flexibility index (Phi) is 18.8. The van der Waals surface area contributed by atoms with Gasteiger partial charge in [0.05, 0.1) is 6.10 Å². The molecule has 1 aliphatic heterocycles. The zero-order valence-electron chi connectivity index (χ0n) is 36.7. The Hall–Kier alpha value is -5.04. The highest BCUT2D eigenvalue weighted by Crippen LogP contribution is 2.22. The molecule has 0 aromatic heterocycles. The highest BCUT2D eigenvalue weighted by atomic mass is 16.5. The van der Waals surface area contributed by atoms with E-state index in [2.05, 4.69) is 5.32 Å². The quantitative estimate of drug-likeness (QED) is 0.384. The van der Waals surface area contributed by atoms with Crippen LogP contribution in [-0.4, -0.2) is 125 Å². The Morgan fingerprint density at radius 3 is 1.83 bits per heavy atom. The summed E-state index contributed by atoms with van der Waals surface area (Å²) in [5.41, 5.74) is 1.52. The Balaban J connectivity index is 2.13. The Labute approximate surface area is 351 Å². The number of carbonyl (C=O) groups excluding carboxylic acids is 6. The largest absolute Gasteiger partial charge is 0.461 e. The molecule has 0 aliphatic carbocycles. The summed E-state index contributed by atoms with van der Waals surface area (Å²) < 4.78 is 6.09. The first-order valence-electron chi connectivity index (χ1n) is 20.9. The maximum atomic E-state index is 14.7. The fourth-order valence-electron chi connectivity index (χ4n) is 7.36. The molecule has 2 aromatic carbocycles. The molecule has 324 valence electrons. The first kappa shape index (κ1) is 48.3. The number of nitrogens with zero attached hydrogens (tertiary/aromatic N) is 4. The van der Waals surface area contributed by atoms with Crippen LogP contribution in [0.2, 0.25) is 0 Å². The van der Waals surface area contributed by atoms with Crippen LogP contribution in [0.25, 0.3) is 0 Å². The summed E-state index contributed by atoms with van der Waals surface area (Å²) in [6.45, 7) is 10.6. The van der Waals surface area contributed by atoms with Gasteiger partial charge in [0.15, 0.2) is 0 Å². The lowest BCUT2D eigenvalue weighted by Gasteiger charge is -2.39. The van der Waals surface area contributed by atoms with Gasteiger partial charge in [-0.25, -0.2) is 4.79 Å². The van der Waals surface area contributed by atoms with Crippen molar-refractivity contribution in [2.24, 2.45) is 17.8 Å². The number of carbonyl (C=O) groups is 6. The van der Waals surface area contributed by atoms with Crippen molar-refractivity contribution in [3.63, 3.8) is 0 Å². The van der Waals surface area contributed by atoms with Crippen LogP contribution in [0.15, 0.2) is 72.9 Å². The molecule has 3 rings (SSSR count). The smallest absolute Gasteiger partial charge is 0.329 e. The predicted octanol–water partition coefficient (Wildman–Crippen LogP) is 4.61. The summed E-state index contributed by atoms with van der Waals surface area (Å²) in [5.74, 6) is -3.83. The van der Waals surface area contributed by atoms with Gasteiger partial charge in [-0.05, 0) is 55.6 Å². The zero-order valence-corrected chi connectivity index (χ0v) is 36.7. The number of cyclic esters (lactones) is 1. The number of aliphatic hydroxyl groups excluding tert-OH is 1. The predicted molar refractivity (Wildman–Crippen MR) is 227 cm³/mol. The van der Waals surface area contributed by atoms with E-state index in [4.69, 9.17) is 4.74 Å². The summed E-state index contributed by atoms with van der Waals surface area (Å²) in [7, 11) is 6.04. The van der Waals surface area contributed by atoms with Crippen LogP contribution >= 0.6 is 0 Å². The van der Waals surface area contributed by atoms with Gasteiger partial charge >= 0.3 is 5.97 Å². The van der Waals surface area contributed by atoms with E-state index in [0.29, 0.717) is 25.7 Å². The molecule has 13 heteroatoms. The average Bonchev–Trinajstić information content (AvgIpc) is 3.20. The fourth-order valence-corrected chi connectivity index (χ4v) is 7.36. The van der Waals surface area contributed by atoms with Crippen molar-refractivity contribution in [3.05, 3.63) is 84.1 Å². The molecule has 2 aromatic rings. The molecule has 2 N–H and O–H groups in total. The van der Waals surface area contributed by atoms with Crippen molar-refractivity contribution in [1.29, 1.82) is 0 Å². The van der Waals surface area contributed by atoms with Crippen LogP contribution in [0.4, 0.5) is 0 Å². The summed E-state index contributed by atoms with van der Waals surface area (Å²) >= 11 is 0. The third-order valence-corrected chi connectivity index (χ3v) is 11.3. The standard InChI is InChI=1S/C46H67N5O8/c1-11-36-26-31(4)27-39(53)48(7)25-19-18-20-32(5)42(54)47-40(30(2)3)44(56)49(8)37(28-34-21-14-12-15-22-34)43(55)51(10)41(33(6)52)45(57)50(9)38(46(58)59-36)29-35-23-16-13-17-24-35/h12-17,19,21-25,30-33,36-38,40-41,52H,11,18,20,26-29H2,1-10H3,(H,47,54)/t31-,32-,33-,36+,37-,38-,40-,41-/m0/s1. The lowest BCUT2D eigenvalue weighted by molar-refractivity contribution is -0.163. The fraction of sp³-hybridized carbons (Fsp3) is 0.565. The van der Waals surface area contributed by atoms with E-state index >= 15 is 0 Å². The van der Waals surface area contributed by atoms with Crippen molar-refractivity contribution in [1.82, 2.24) is 24.9 Å². The molecule has 0 fully saturated rings. The van der Waals surface area contributed by atoms with Gasteiger partial charge in [0.25, 0.3) is 0 Å². The van der Waals surface area contributed by atoms with E-state index < -0.39 is 66.0 Å². The molecule has 0 saturated carbocycles. The number of nitrogens with one attached hydrogen (secondary N) is 1. The SMILES string of the molecule is CC[C@@H]1C[C@H](C)CC(=O)N(C)C=CCC[C@H](C)C(=O)N[C@@H](C(C)C)C(=O)N(C)[C@@H](Cc2ccccc2)C(=O)N(C)[C@@H]([C@H](C)O)C(=O)N(C)[C@@H](Cc2ccccc2)C(=O)O1. The molecule has 8 atom stereocenters. The lowest BCUT2D eigenvalue weighted by Crippen LogP contribution is -2.62. The van der Waals surface area contributed by atoms with Gasteiger partial charge in [-0.15, -0.1) is 0 Å². The number of hydrogen-bond donors (Lipinski definition) is 2. The number of hydrogen-bond acceptors (Lipinski definition) is 8. The molecule has 0 saturated heterocycles. The lowest BCUT2D eigenvalue weighted by atomic mass is 9.97. The topological polar surface area (TPSA) is 157 Å². The van der Waals surface area contributed by atoms with Gasteiger partial charge in [-0.2, -0.15) is 0 Å². The van der Waals surface area contributed by atoms with Crippen LogP contribution in [0, 0.1) is 17.8 Å². The third kappa shape index (κ3) is 13.8. The van der Waals surface area contributed by atoms with E-state index in [-0.39, 0.29) is 42.9 Å². The summed E-state index contributed by atoms with van der Waals surface area (Å²) in [5, 5.41) is 14.1. The second kappa shape index (κ2) is 22.9. The first-order valence-corrected chi connectivity index (χ1v) is 20.9. The maximum absolute atomic E-state index is 14.7. The molecule has 1 heterocycles. The molecule has 13 nitrogen and oxygen atoms in total. The molecule has 0 unspecified atom stereocenters. The number of allylic oxidation sites excluding steroid dienone is 1. The van der Waals surface area contributed by atoms with Gasteiger partial charge in [0.1, 0.15) is 30.3 Å². The molecule has 0 radical (unpaired) electrons. The van der Waals surface area contributed by atoms with Gasteiger partial charge in [0.2, 0.25) is 29.5 Å². The first-order chi connectivity index (χ1) is 27.9. The number of likely N-dealkylation sites (N-methyl/N-ethyl adjacent to an activating group) is 3. The van der Waals surface area contributed by atoms with E-state index in [1.807, 2.05) is 94.4 Å². The van der Waals surface area contributed by atoms with E-state index in [9.17, 15) is 33.9 Å². The Morgan fingerprint density at radius 1 is 0.763 bits per heavy atom. The molecule has 5 amide bonds.